The fraction of sp³-hybridized carbons (Fsp3) is 0.526. The van der Waals surface area contributed by atoms with Crippen LogP contribution in [0.2, 0.25) is 0 Å². The third kappa shape index (κ3) is 5.36. The lowest BCUT2D eigenvalue weighted by molar-refractivity contribution is 0.0315. The van der Waals surface area contributed by atoms with E-state index in [0.717, 1.165) is 0 Å². The molecule has 7 heteroatoms. The number of halogens is 1. The number of methoxy groups -OCH3 is 1. The molecule has 0 bridgehead atoms. The largest absolute Gasteiger partial charge is 0.482 e. The van der Waals surface area contributed by atoms with Crippen molar-refractivity contribution in [2.75, 3.05) is 20.3 Å². The van der Waals surface area contributed by atoms with Crippen LogP contribution in [0.4, 0.5) is 9.18 Å². The Morgan fingerprint density at radius 2 is 2.04 bits per heavy atom. The van der Waals surface area contributed by atoms with E-state index in [-0.39, 0.29) is 24.8 Å². The van der Waals surface area contributed by atoms with E-state index < -0.39 is 17.4 Å². The van der Waals surface area contributed by atoms with Crippen LogP contribution in [0.5, 0.6) is 0 Å². The summed E-state index contributed by atoms with van der Waals surface area (Å²) in [6.07, 6.45) is 4.76. The summed E-state index contributed by atoms with van der Waals surface area (Å²) in [6, 6.07) is -0.0363. The normalized spacial score (nSPS) is 23.3. The zero-order valence-corrected chi connectivity index (χ0v) is 16.2. The third-order valence-corrected chi connectivity index (χ3v) is 3.80. The fourth-order valence-electron chi connectivity index (χ4n) is 2.48. The van der Waals surface area contributed by atoms with E-state index in [1.807, 2.05) is 11.8 Å². The molecule has 0 aliphatic carbocycles. The van der Waals surface area contributed by atoms with Crippen molar-refractivity contribution < 1.29 is 23.4 Å². The van der Waals surface area contributed by atoms with Crippen molar-refractivity contribution in [3.63, 3.8) is 0 Å². The van der Waals surface area contributed by atoms with Crippen LogP contribution in [0.15, 0.2) is 49.2 Å². The molecule has 1 rings (SSSR count). The standard InChI is InChI=1S/C19H29FN2O4/c1-8-10-16(24-7)22-14(3)19(22,9-2)25-13-15(11-20)12-21-17(23)26-18(4,5)6/h8-11,14H,1-2,12-13H2,3-7H3,(H,21,23)/b15-11+,16-10+/t14-,19?,22?/m1/s1. The van der Waals surface area contributed by atoms with E-state index in [2.05, 4.69) is 18.5 Å². The SMILES string of the molecule is C=C/C=C(/OC)N1[C@H](C)C1(C=C)OC/C(=C/F)CNC(=O)OC(C)(C)C. The monoisotopic (exact) mass is 368 g/mol. The molecule has 2 atom stereocenters. The number of hydrogen-bond acceptors (Lipinski definition) is 5. The van der Waals surface area contributed by atoms with Crippen LogP contribution in [-0.4, -0.2) is 48.6 Å². The maximum absolute atomic E-state index is 13.2. The molecule has 1 fully saturated rings. The Kier molecular flexibility index (Phi) is 7.44. The number of rotatable bonds is 9. The number of allylic oxidation sites excluding steroid dienone is 2. The summed E-state index contributed by atoms with van der Waals surface area (Å²) in [4.78, 5) is 13.5. The van der Waals surface area contributed by atoms with Gasteiger partial charge in [0.15, 0.2) is 11.6 Å². The molecule has 6 nitrogen and oxygen atoms in total. The highest BCUT2D eigenvalue weighted by molar-refractivity contribution is 5.68. The van der Waals surface area contributed by atoms with Crippen LogP contribution in [-0.2, 0) is 14.2 Å². The summed E-state index contributed by atoms with van der Waals surface area (Å²) in [5.41, 5.74) is -1.15. The zero-order chi connectivity index (χ0) is 20.0. The molecule has 0 aromatic rings. The maximum atomic E-state index is 13.2. The van der Waals surface area contributed by atoms with Gasteiger partial charge in [0.25, 0.3) is 0 Å². The van der Waals surface area contributed by atoms with Gasteiger partial charge in [0.1, 0.15) is 5.60 Å². The van der Waals surface area contributed by atoms with Gasteiger partial charge in [-0.3, -0.25) is 0 Å². The quantitative estimate of drug-likeness (QED) is 0.291. The molecule has 1 saturated heterocycles. The van der Waals surface area contributed by atoms with E-state index in [1.165, 1.54) is 0 Å². The van der Waals surface area contributed by atoms with E-state index >= 15 is 0 Å². The Hall–Kier alpha value is -2.28. The van der Waals surface area contributed by atoms with Crippen LogP contribution in [0.3, 0.4) is 0 Å². The predicted octanol–water partition coefficient (Wildman–Crippen LogP) is 3.64. The van der Waals surface area contributed by atoms with E-state index in [9.17, 15) is 9.18 Å². The van der Waals surface area contributed by atoms with Crippen molar-refractivity contribution in [2.45, 2.75) is 45.1 Å². The van der Waals surface area contributed by atoms with Gasteiger partial charge >= 0.3 is 6.09 Å². The van der Waals surface area contributed by atoms with Crippen LogP contribution < -0.4 is 5.32 Å². The van der Waals surface area contributed by atoms with Crippen LogP contribution in [0.25, 0.3) is 0 Å². The van der Waals surface area contributed by atoms with E-state index in [4.69, 9.17) is 14.2 Å². The van der Waals surface area contributed by atoms with E-state index in [0.29, 0.717) is 12.2 Å². The molecule has 0 radical (unpaired) electrons. The molecule has 1 unspecified atom stereocenters. The number of nitrogens with one attached hydrogen (secondary N) is 1. The second kappa shape index (κ2) is 8.89. The van der Waals surface area contributed by atoms with E-state index in [1.54, 1.807) is 46.1 Å². The average Bonchev–Trinajstić information content (AvgIpc) is 3.15. The van der Waals surface area contributed by atoms with Gasteiger partial charge in [-0.1, -0.05) is 19.2 Å². The molecule has 1 amide bonds. The van der Waals surface area contributed by atoms with Gasteiger partial charge in [-0.15, -0.1) is 0 Å². The lowest BCUT2D eigenvalue weighted by Gasteiger charge is -2.20. The Balaban J connectivity index is 2.65. The molecule has 0 aromatic carbocycles. The van der Waals surface area contributed by atoms with Gasteiger partial charge in [-0.05, 0) is 39.8 Å². The minimum absolute atomic E-state index is 0.0212. The molecular weight excluding hydrogens is 339 g/mol. The minimum atomic E-state index is -0.801. The van der Waals surface area contributed by atoms with Crippen molar-refractivity contribution >= 4 is 6.09 Å². The molecule has 0 aromatic heterocycles. The number of amides is 1. The Morgan fingerprint density at radius 1 is 1.38 bits per heavy atom. The Labute approximate surface area is 155 Å². The molecular formula is C19H29FN2O4. The number of nitrogens with zero attached hydrogens (tertiary/aromatic N) is 1. The van der Waals surface area contributed by atoms with Gasteiger partial charge in [0.2, 0.25) is 0 Å². The van der Waals surface area contributed by atoms with Gasteiger partial charge in [0, 0.05) is 12.1 Å². The molecule has 1 N–H and O–H groups in total. The number of hydrogen-bond donors (Lipinski definition) is 1. The molecule has 1 aliphatic rings. The lowest BCUT2D eigenvalue weighted by atomic mass is 10.2. The predicted molar refractivity (Wildman–Crippen MR) is 98.9 cm³/mol. The highest BCUT2D eigenvalue weighted by atomic mass is 19.1. The summed E-state index contributed by atoms with van der Waals surface area (Å²) in [5.74, 6) is 0.574. The van der Waals surface area contributed by atoms with Crippen molar-refractivity contribution in [3.8, 4) is 0 Å². The second-order valence-corrected chi connectivity index (χ2v) is 6.86. The van der Waals surface area contributed by atoms with Gasteiger partial charge < -0.3 is 24.4 Å². The number of carbonyl (C=O) groups excluding carboxylic acids is 1. The van der Waals surface area contributed by atoms with Crippen molar-refractivity contribution in [2.24, 2.45) is 0 Å². The molecule has 26 heavy (non-hydrogen) atoms. The summed E-state index contributed by atoms with van der Waals surface area (Å²) >= 11 is 0. The van der Waals surface area contributed by atoms with Gasteiger partial charge in [-0.25, -0.2) is 9.18 Å². The van der Waals surface area contributed by atoms with Crippen LogP contribution in [0, 0.1) is 0 Å². The number of ether oxygens (including phenoxy) is 3. The second-order valence-electron chi connectivity index (χ2n) is 6.86. The molecule has 1 aliphatic heterocycles. The van der Waals surface area contributed by atoms with Gasteiger partial charge in [-0.2, -0.15) is 0 Å². The topological polar surface area (TPSA) is 59.8 Å². The zero-order valence-electron chi connectivity index (χ0n) is 16.2. The lowest BCUT2D eigenvalue weighted by Crippen LogP contribution is -2.34. The van der Waals surface area contributed by atoms with Crippen molar-refractivity contribution in [1.82, 2.24) is 10.2 Å². The fourth-order valence-corrected chi connectivity index (χ4v) is 2.48. The smallest absolute Gasteiger partial charge is 0.407 e. The molecule has 0 saturated carbocycles. The average molecular weight is 368 g/mol. The summed E-state index contributed by atoms with van der Waals surface area (Å²) in [5, 5.41) is 2.50. The van der Waals surface area contributed by atoms with Crippen LogP contribution in [0.1, 0.15) is 27.7 Å². The third-order valence-electron chi connectivity index (χ3n) is 3.80. The first-order valence-corrected chi connectivity index (χ1v) is 8.33. The first kappa shape index (κ1) is 21.8. The van der Waals surface area contributed by atoms with Crippen molar-refractivity contribution in [1.29, 1.82) is 0 Å². The van der Waals surface area contributed by atoms with Crippen LogP contribution >= 0.6 is 0 Å². The first-order chi connectivity index (χ1) is 12.1. The highest BCUT2D eigenvalue weighted by Gasteiger charge is 2.61. The summed E-state index contributed by atoms with van der Waals surface area (Å²) in [7, 11) is 1.55. The number of carbonyl (C=O) groups is 1. The minimum Gasteiger partial charge on any atom is -0.482 e. The molecule has 0 spiro atoms. The molecule has 1 heterocycles. The Bertz CT molecular complexity index is 595. The van der Waals surface area contributed by atoms with Gasteiger partial charge in [0.05, 0.1) is 26.1 Å². The summed E-state index contributed by atoms with van der Waals surface area (Å²) in [6.45, 7) is 14.6. The van der Waals surface area contributed by atoms with Crippen molar-refractivity contribution in [3.05, 3.63) is 49.2 Å². The number of alkyl carbamates (subject to hydrolysis) is 1. The summed E-state index contributed by atoms with van der Waals surface area (Å²) < 4.78 is 29.5. The Morgan fingerprint density at radius 3 is 2.50 bits per heavy atom. The highest BCUT2D eigenvalue weighted by Crippen LogP contribution is 2.46. The first-order valence-electron chi connectivity index (χ1n) is 8.33. The molecule has 146 valence electrons. The maximum Gasteiger partial charge on any atom is 0.407 e.